The van der Waals surface area contributed by atoms with E-state index < -0.39 is 0 Å². The van der Waals surface area contributed by atoms with Crippen LogP contribution in [-0.4, -0.2) is 44.6 Å². The molecule has 1 fully saturated rings. The van der Waals surface area contributed by atoms with Gasteiger partial charge < -0.3 is 10.6 Å². The second kappa shape index (κ2) is 10.7. The number of nitrogens with zero attached hydrogens (tertiary/aromatic N) is 2. The highest BCUT2D eigenvalue weighted by atomic mass is 127. The summed E-state index contributed by atoms with van der Waals surface area (Å²) in [6.07, 6.45) is 2.51. The van der Waals surface area contributed by atoms with E-state index in [4.69, 9.17) is 0 Å². The molecular formula is C16H26BrIN4S. The molecule has 0 aliphatic carbocycles. The Bertz CT molecular complexity index is 506. The molecule has 7 heteroatoms. The van der Waals surface area contributed by atoms with Crippen molar-refractivity contribution in [1.29, 1.82) is 0 Å². The molecule has 0 amide bonds. The SMILES string of the molecule is C=C(Br)CNC(=NC)NCC1CCCN(C)C1c1cccs1.I. The zero-order valence-corrected chi connectivity index (χ0v) is 18.5. The highest BCUT2D eigenvalue weighted by molar-refractivity contribution is 14.0. The quantitative estimate of drug-likeness (QED) is 0.358. The number of piperidine rings is 1. The van der Waals surface area contributed by atoms with Crippen molar-refractivity contribution in [3.8, 4) is 0 Å². The minimum absolute atomic E-state index is 0. The number of likely N-dealkylation sites (tertiary alicyclic amines) is 1. The number of aliphatic imine (C=N–C) groups is 1. The van der Waals surface area contributed by atoms with Gasteiger partial charge in [-0.25, -0.2) is 0 Å². The van der Waals surface area contributed by atoms with Crippen LogP contribution in [0.3, 0.4) is 0 Å². The summed E-state index contributed by atoms with van der Waals surface area (Å²) in [6, 6.07) is 4.91. The van der Waals surface area contributed by atoms with Gasteiger partial charge in [0.25, 0.3) is 0 Å². The first-order chi connectivity index (χ1) is 10.6. The van der Waals surface area contributed by atoms with Gasteiger partial charge in [0.1, 0.15) is 0 Å². The van der Waals surface area contributed by atoms with Crippen LogP contribution >= 0.6 is 51.2 Å². The molecule has 1 saturated heterocycles. The van der Waals surface area contributed by atoms with Gasteiger partial charge >= 0.3 is 0 Å². The van der Waals surface area contributed by atoms with Gasteiger partial charge in [-0.2, -0.15) is 0 Å². The molecule has 1 aliphatic heterocycles. The van der Waals surface area contributed by atoms with E-state index in [9.17, 15) is 0 Å². The Hall–Kier alpha value is -0.120. The van der Waals surface area contributed by atoms with Crippen LogP contribution in [0.1, 0.15) is 23.8 Å². The summed E-state index contributed by atoms with van der Waals surface area (Å²) in [6.45, 7) is 6.62. The lowest BCUT2D eigenvalue weighted by Crippen LogP contribution is -2.45. The van der Waals surface area contributed by atoms with Gasteiger partial charge in [-0.3, -0.25) is 9.89 Å². The second-order valence-electron chi connectivity index (χ2n) is 5.67. The van der Waals surface area contributed by atoms with Crippen molar-refractivity contribution in [2.24, 2.45) is 10.9 Å². The first kappa shape index (κ1) is 20.9. The molecule has 2 unspecified atom stereocenters. The van der Waals surface area contributed by atoms with Gasteiger partial charge in [-0.1, -0.05) is 28.6 Å². The van der Waals surface area contributed by atoms with Gasteiger partial charge in [-0.05, 0) is 43.8 Å². The molecular weight excluding hydrogens is 487 g/mol. The molecule has 0 bridgehead atoms. The molecule has 0 aromatic carbocycles. The van der Waals surface area contributed by atoms with Crippen LogP contribution in [0.5, 0.6) is 0 Å². The molecule has 0 spiro atoms. The number of halogens is 2. The van der Waals surface area contributed by atoms with Gasteiger partial charge in [0.05, 0.1) is 0 Å². The topological polar surface area (TPSA) is 39.7 Å². The molecule has 2 rings (SSSR count). The lowest BCUT2D eigenvalue weighted by molar-refractivity contribution is 0.125. The molecule has 2 heterocycles. The van der Waals surface area contributed by atoms with Gasteiger partial charge in [0.2, 0.25) is 0 Å². The van der Waals surface area contributed by atoms with E-state index in [1.54, 1.807) is 7.05 Å². The predicted octanol–water partition coefficient (Wildman–Crippen LogP) is 3.82. The van der Waals surface area contributed by atoms with E-state index >= 15 is 0 Å². The van der Waals surface area contributed by atoms with E-state index in [2.05, 4.69) is 67.6 Å². The molecule has 1 aromatic heterocycles. The molecule has 1 aromatic rings. The standard InChI is InChI=1S/C16H25BrN4S.HI/c1-12(17)10-19-16(18-2)20-11-13-6-4-8-21(3)15(13)14-7-5-9-22-14;/h5,7,9,13,15H,1,4,6,8,10-11H2,2-3H3,(H2,18,19,20);1H. The van der Waals surface area contributed by atoms with Crippen molar-refractivity contribution < 1.29 is 0 Å². The van der Waals surface area contributed by atoms with Gasteiger partial charge in [-0.15, -0.1) is 35.3 Å². The van der Waals surface area contributed by atoms with Crippen LogP contribution in [-0.2, 0) is 0 Å². The van der Waals surface area contributed by atoms with Crippen molar-refractivity contribution in [3.63, 3.8) is 0 Å². The normalized spacial score (nSPS) is 22.3. The fourth-order valence-corrected chi connectivity index (χ4v) is 4.13. The Morgan fingerprint density at radius 2 is 2.30 bits per heavy atom. The van der Waals surface area contributed by atoms with Gasteiger partial charge in [0.15, 0.2) is 5.96 Å². The Morgan fingerprint density at radius 3 is 2.91 bits per heavy atom. The zero-order valence-electron chi connectivity index (χ0n) is 13.7. The van der Waals surface area contributed by atoms with E-state index in [0.717, 1.165) is 17.0 Å². The molecule has 1 aliphatic rings. The average molecular weight is 513 g/mol. The maximum absolute atomic E-state index is 4.27. The Labute approximate surface area is 169 Å². The molecule has 2 atom stereocenters. The molecule has 23 heavy (non-hydrogen) atoms. The number of thiophene rings is 1. The van der Waals surface area contributed by atoms with E-state index in [0.29, 0.717) is 18.5 Å². The van der Waals surface area contributed by atoms with Crippen LogP contribution in [0, 0.1) is 5.92 Å². The summed E-state index contributed by atoms with van der Waals surface area (Å²) in [4.78, 5) is 8.22. The van der Waals surface area contributed by atoms with Crippen molar-refractivity contribution in [2.45, 2.75) is 18.9 Å². The molecule has 0 saturated carbocycles. The summed E-state index contributed by atoms with van der Waals surface area (Å²) in [5, 5.41) is 8.88. The largest absolute Gasteiger partial charge is 0.356 e. The minimum atomic E-state index is 0. The minimum Gasteiger partial charge on any atom is -0.356 e. The second-order valence-corrected chi connectivity index (χ2v) is 7.77. The number of hydrogen-bond donors (Lipinski definition) is 2. The molecule has 4 nitrogen and oxygen atoms in total. The van der Waals surface area contributed by atoms with Crippen LogP contribution in [0.2, 0.25) is 0 Å². The van der Waals surface area contributed by atoms with E-state index in [1.807, 2.05) is 11.3 Å². The first-order valence-electron chi connectivity index (χ1n) is 7.63. The summed E-state index contributed by atoms with van der Waals surface area (Å²) >= 11 is 5.22. The molecule has 2 N–H and O–H groups in total. The van der Waals surface area contributed by atoms with Crippen LogP contribution < -0.4 is 10.6 Å². The third-order valence-electron chi connectivity index (χ3n) is 4.04. The average Bonchev–Trinajstić information content (AvgIpc) is 3.01. The third-order valence-corrected chi connectivity index (χ3v) is 5.27. The lowest BCUT2D eigenvalue weighted by Gasteiger charge is -2.39. The zero-order chi connectivity index (χ0) is 15.9. The predicted molar refractivity (Wildman–Crippen MR) is 115 cm³/mol. The van der Waals surface area contributed by atoms with E-state index in [1.165, 1.54) is 24.3 Å². The maximum Gasteiger partial charge on any atom is 0.191 e. The fraction of sp³-hybridized carbons (Fsp3) is 0.562. The van der Waals surface area contributed by atoms with Crippen molar-refractivity contribution >= 4 is 57.2 Å². The summed E-state index contributed by atoms with van der Waals surface area (Å²) in [5.74, 6) is 1.43. The maximum atomic E-state index is 4.27. The number of guanidine groups is 1. The highest BCUT2D eigenvalue weighted by Crippen LogP contribution is 2.36. The Kier molecular flexibility index (Phi) is 9.72. The highest BCUT2D eigenvalue weighted by Gasteiger charge is 2.31. The van der Waals surface area contributed by atoms with Crippen LogP contribution in [0.4, 0.5) is 0 Å². The Morgan fingerprint density at radius 1 is 1.52 bits per heavy atom. The van der Waals surface area contributed by atoms with Gasteiger partial charge in [0, 0.05) is 35.5 Å². The number of rotatable bonds is 5. The monoisotopic (exact) mass is 512 g/mol. The molecule has 130 valence electrons. The third kappa shape index (κ3) is 6.36. The molecule has 0 radical (unpaired) electrons. The smallest absolute Gasteiger partial charge is 0.191 e. The van der Waals surface area contributed by atoms with Crippen LogP contribution in [0.25, 0.3) is 0 Å². The summed E-state index contributed by atoms with van der Waals surface area (Å²) in [7, 11) is 4.04. The van der Waals surface area contributed by atoms with Crippen molar-refractivity contribution in [3.05, 3.63) is 33.5 Å². The lowest BCUT2D eigenvalue weighted by atomic mass is 9.88. The summed E-state index contributed by atoms with van der Waals surface area (Å²) < 4.78 is 0.921. The summed E-state index contributed by atoms with van der Waals surface area (Å²) in [5.41, 5.74) is 0. The van der Waals surface area contributed by atoms with Crippen molar-refractivity contribution in [1.82, 2.24) is 15.5 Å². The van der Waals surface area contributed by atoms with Crippen molar-refractivity contribution in [2.75, 3.05) is 33.7 Å². The van der Waals surface area contributed by atoms with Crippen LogP contribution in [0.15, 0.2) is 33.6 Å². The first-order valence-corrected chi connectivity index (χ1v) is 9.30. The fourth-order valence-electron chi connectivity index (χ4n) is 3.01. The van der Waals surface area contributed by atoms with E-state index in [-0.39, 0.29) is 24.0 Å². The number of hydrogen-bond acceptors (Lipinski definition) is 3. The number of nitrogens with one attached hydrogen (secondary N) is 2. The Balaban J connectivity index is 0.00000264.